The molecule has 164 valence electrons. The summed E-state index contributed by atoms with van der Waals surface area (Å²) in [5.41, 5.74) is 2.09. The third-order valence-electron chi connectivity index (χ3n) is 5.44. The number of anilines is 1. The predicted octanol–water partition coefficient (Wildman–Crippen LogP) is 5.20. The number of aromatic nitrogens is 2. The minimum absolute atomic E-state index is 0.0659. The molecule has 3 aromatic rings. The molecule has 6 heteroatoms. The Hall–Kier alpha value is -2.66. The fourth-order valence-electron chi connectivity index (χ4n) is 3.45. The third-order valence-corrected chi connectivity index (χ3v) is 5.68. The minimum atomic E-state index is 0.0659. The summed E-state index contributed by atoms with van der Waals surface area (Å²) >= 11 is 6.23. The number of nitrogens with zero attached hydrogens (tertiary/aromatic N) is 3. The van der Waals surface area contributed by atoms with Gasteiger partial charge in [0.2, 0.25) is 5.91 Å². The van der Waals surface area contributed by atoms with Crippen LogP contribution in [0.4, 0.5) is 5.82 Å². The third kappa shape index (κ3) is 6.41. The van der Waals surface area contributed by atoms with Crippen LogP contribution in [0.25, 0.3) is 10.9 Å². The van der Waals surface area contributed by atoms with Gasteiger partial charge in [0.05, 0.1) is 5.52 Å². The molecule has 1 amide bonds. The van der Waals surface area contributed by atoms with Crippen LogP contribution in [-0.4, -0.2) is 35.0 Å². The molecule has 1 aromatic heterocycles. The summed E-state index contributed by atoms with van der Waals surface area (Å²) in [6.07, 6.45) is 2.94. The number of hydrogen-bond acceptors (Lipinski definition) is 4. The van der Waals surface area contributed by atoms with Gasteiger partial charge in [0.1, 0.15) is 11.6 Å². The van der Waals surface area contributed by atoms with Crippen molar-refractivity contribution in [3.05, 3.63) is 64.9 Å². The van der Waals surface area contributed by atoms with Crippen LogP contribution in [0.2, 0.25) is 5.02 Å². The number of hydrogen-bond donors (Lipinski definition) is 1. The average molecular weight is 439 g/mol. The highest BCUT2D eigenvalue weighted by molar-refractivity contribution is 6.31. The maximum absolute atomic E-state index is 12.5. The molecule has 0 bridgehead atoms. The molecule has 0 fully saturated rings. The summed E-state index contributed by atoms with van der Waals surface area (Å²) in [4.78, 5) is 24.2. The number of halogens is 1. The van der Waals surface area contributed by atoms with Gasteiger partial charge in [-0.05, 0) is 43.5 Å². The first-order chi connectivity index (χ1) is 15.0. The maximum Gasteiger partial charge on any atom is 0.221 e. The number of carbonyl (C=O) groups is 1. The lowest BCUT2D eigenvalue weighted by Crippen LogP contribution is -2.36. The topological polar surface area (TPSA) is 58.1 Å². The second-order valence-corrected chi connectivity index (χ2v) is 8.26. The van der Waals surface area contributed by atoms with E-state index in [1.807, 2.05) is 38.1 Å². The second kappa shape index (κ2) is 11.1. The van der Waals surface area contributed by atoms with Crippen molar-refractivity contribution in [3.63, 3.8) is 0 Å². The van der Waals surface area contributed by atoms with E-state index in [9.17, 15) is 4.79 Å². The highest BCUT2D eigenvalue weighted by atomic mass is 35.5. The molecule has 3 rings (SSSR count). The Balaban J connectivity index is 1.90. The smallest absolute Gasteiger partial charge is 0.221 e. The van der Waals surface area contributed by atoms with E-state index in [0.29, 0.717) is 18.0 Å². The lowest BCUT2D eigenvalue weighted by molar-refractivity contribution is -0.121. The van der Waals surface area contributed by atoms with Crippen molar-refractivity contribution in [2.45, 2.75) is 52.5 Å². The molecule has 0 aliphatic carbocycles. The van der Waals surface area contributed by atoms with Gasteiger partial charge in [0.25, 0.3) is 0 Å². The molecule has 5 nitrogen and oxygen atoms in total. The second-order valence-electron chi connectivity index (χ2n) is 7.83. The fraction of sp³-hybridized carbons (Fsp3) is 0.400. The predicted molar refractivity (Wildman–Crippen MR) is 129 cm³/mol. The molecule has 1 N–H and O–H groups in total. The van der Waals surface area contributed by atoms with Crippen LogP contribution < -0.4 is 10.2 Å². The zero-order valence-corrected chi connectivity index (χ0v) is 19.3. The van der Waals surface area contributed by atoms with Crippen LogP contribution in [-0.2, 0) is 17.6 Å². The van der Waals surface area contributed by atoms with Gasteiger partial charge in [-0.2, -0.15) is 0 Å². The molecule has 0 spiro atoms. The molecule has 0 aliphatic heterocycles. The summed E-state index contributed by atoms with van der Waals surface area (Å²) in [6.45, 7) is 7.50. The van der Waals surface area contributed by atoms with Crippen LogP contribution >= 0.6 is 11.6 Å². The van der Waals surface area contributed by atoms with Gasteiger partial charge < -0.3 is 10.2 Å². The summed E-state index contributed by atoms with van der Waals surface area (Å²) < 4.78 is 0. The van der Waals surface area contributed by atoms with E-state index in [-0.39, 0.29) is 11.9 Å². The molecule has 0 aliphatic rings. The average Bonchev–Trinajstić information content (AvgIpc) is 2.78. The zero-order valence-electron chi connectivity index (χ0n) is 18.6. The number of fused-ring (bicyclic) bond motifs is 1. The maximum atomic E-state index is 12.5. The molecule has 0 saturated carbocycles. The Bertz CT molecular complexity index is 1010. The Morgan fingerprint density at radius 1 is 1.10 bits per heavy atom. The highest BCUT2D eigenvalue weighted by Crippen LogP contribution is 2.27. The Labute approximate surface area is 189 Å². The molecule has 0 unspecified atom stereocenters. The van der Waals surface area contributed by atoms with Crippen molar-refractivity contribution in [1.29, 1.82) is 0 Å². The lowest BCUT2D eigenvalue weighted by atomic mass is 10.1. The quantitative estimate of drug-likeness (QED) is 0.472. The van der Waals surface area contributed by atoms with E-state index < -0.39 is 0 Å². The van der Waals surface area contributed by atoms with E-state index in [2.05, 4.69) is 46.4 Å². The summed E-state index contributed by atoms with van der Waals surface area (Å²) in [6, 6.07) is 16.3. The SMILES string of the molecule is CCc1nc(N(CCC(=O)N[C@@H](C)CC)CCc2ccccc2)c2ccc(Cl)cc2n1. The molecule has 0 saturated heterocycles. The van der Waals surface area contributed by atoms with Gasteiger partial charge in [0.15, 0.2) is 0 Å². The van der Waals surface area contributed by atoms with Gasteiger partial charge >= 0.3 is 0 Å². The highest BCUT2D eigenvalue weighted by Gasteiger charge is 2.17. The molecule has 31 heavy (non-hydrogen) atoms. The number of benzene rings is 2. The molecule has 1 heterocycles. The van der Waals surface area contributed by atoms with Crippen molar-refractivity contribution < 1.29 is 4.79 Å². The van der Waals surface area contributed by atoms with Crippen LogP contribution in [0.5, 0.6) is 0 Å². The van der Waals surface area contributed by atoms with Crippen molar-refractivity contribution in [2.24, 2.45) is 0 Å². The van der Waals surface area contributed by atoms with Crippen molar-refractivity contribution in [1.82, 2.24) is 15.3 Å². The normalized spacial score (nSPS) is 12.0. The molecule has 1 atom stereocenters. The zero-order chi connectivity index (χ0) is 22.2. The Kier molecular flexibility index (Phi) is 8.24. The van der Waals surface area contributed by atoms with Crippen LogP contribution in [0.1, 0.15) is 45.0 Å². The molecular formula is C25H31ClN4O. The summed E-state index contributed by atoms with van der Waals surface area (Å²) in [7, 11) is 0. The van der Waals surface area contributed by atoms with E-state index in [4.69, 9.17) is 16.6 Å². The van der Waals surface area contributed by atoms with Crippen molar-refractivity contribution in [2.75, 3.05) is 18.0 Å². The Morgan fingerprint density at radius 2 is 1.87 bits per heavy atom. The van der Waals surface area contributed by atoms with Crippen LogP contribution in [0, 0.1) is 0 Å². The van der Waals surface area contributed by atoms with Gasteiger partial charge in [-0.25, -0.2) is 9.97 Å². The van der Waals surface area contributed by atoms with Gasteiger partial charge in [0, 0.05) is 42.4 Å². The van der Waals surface area contributed by atoms with Crippen molar-refractivity contribution in [3.8, 4) is 0 Å². The summed E-state index contributed by atoms with van der Waals surface area (Å²) in [5.74, 6) is 1.71. The summed E-state index contributed by atoms with van der Waals surface area (Å²) in [5, 5.41) is 4.67. The molecule has 2 aromatic carbocycles. The number of carbonyl (C=O) groups excluding carboxylic acids is 1. The largest absolute Gasteiger partial charge is 0.355 e. The van der Waals surface area contributed by atoms with Gasteiger partial charge in [-0.1, -0.05) is 55.8 Å². The molecule has 0 radical (unpaired) electrons. The number of amides is 1. The van der Waals surface area contributed by atoms with E-state index in [1.165, 1.54) is 5.56 Å². The number of nitrogens with one attached hydrogen (secondary N) is 1. The van der Waals surface area contributed by atoms with Gasteiger partial charge in [-0.15, -0.1) is 0 Å². The van der Waals surface area contributed by atoms with Crippen LogP contribution in [0.3, 0.4) is 0 Å². The Morgan fingerprint density at radius 3 is 2.58 bits per heavy atom. The number of aryl methyl sites for hydroxylation is 1. The first-order valence-corrected chi connectivity index (χ1v) is 11.4. The minimum Gasteiger partial charge on any atom is -0.355 e. The van der Waals surface area contributed by atoms with E-state index in [1.54, 1.807) is 0 Å². The molecular weight excluding hydrogens is 408 g/mol. The van der Waals surface area contributed by atoms with E-state index in [0.717, 1.165) is 48.4 Å². The van der Waals surface area contributed by atoms with Crippen molar-refractivity contribution >= 4 is 34.2 Å². The van der Waals surface area contributed by atoms with Crippen LogP contribution in [0.15, 0.2) is 48.5 Å². The first-order valence-electron chi connectivity index (χ1n) is 11.0. The number of rotatable bonds is 10. The fourth-order valence-corrected chi connectivity index (χ4v) is 3.62. The van der Waals surface area contributed by atoms with E-state index >= 15 is 0 Å². The lowest BCUT2D eigenvalue weighted by Gasteiger charge is -2.26. The monoisotopic (exact) mass is 438 g/mol. The first kappa shape index (κ1) is 23.0. The van der Waals surface area contributed by atoms with Gasteiger partial charge in [-0.3, -0.25) is 4.79 Å². The standard InChI is InChI=1S/C25H31ClN4O/c1-4-18(3)27-24(31)14-16-30(15-13-19-9-7-6-8-10-19)25-21-12-11-20(26)17-22(21)28-23(5-2)29-25/h6-12,17-18H,4-5,13-16H2,1-3H3,(H,27,31)/t18-/m0/s1.